The molecule has 5 nitrogen and oxygen atoms in total. The number of ketones is 1. The van der Waals surface area contributed by atoms with Crippen molar-refractivity contribution in [2.24, 2.45) is 5.41 Å². The quantitative estimate of drug-likeness (QED) is 0.892. The molecular weight excluding hydrogens is 318 g/mol. The van der Waals surface area contributed by atoms with Gasteiger partial charge in [-0.3, -0.25) is 9.69 Å². The van der Waals surface area contributed by atoms with Gasteiger partial charge in [-0.1, -0.05) is 13.0 Å². The van der Waals surface area contributed by atoms with E-state index in [0.717, 1.165) is 24.9 Å². The van der Waals surface area contributed by atoms with E-state index in [9.17, 15) is 9.90 Å². The predicted molar refractivity (Wildman–Crippen MR) is 92.0 cm³/mol. The lowest BCUT2D eigenvalue weighted by Gasteiger charge is -2.63. The molecule has 25 heavy (non-hydrogen) atoms. The predicted octanol–water partition coefficient (Wildman–Crippen LogP) is 2.03. The number of hydrogen-bond donors (Lipinski definition) is 1. The fraction of sp³-hybridized carbons (Fsp3) is 0.550. The van der Waals surface area contributed by atoms with Crippen LogP contribution in [0.3, 0.4) is 0 Å². The highest BCUT2D eigenvalue weighted by Gasteiger charge is 2.68. The average Bonchev–Trinajstić information content (AvgIpc) is 2.98. The van der Waals surface area contributed by atoms with Crippen LogP contribution in [0.2, 0.25) is 0 Å². The Kier molecular flexibility index (Phi) is 2.87. The molecule has 2 aliphatic carbocycles. The minimum atomic E-state index is -0.619. The number of carbonyl (C=O) groups excluding carboxylic acids is 1. The molecule has 0 bridgehead atoms. The Morgan fingerprint density at radius 2 is 2.24 bits per heavy atom. The highest BCUT2D eigenvalue weighted by Crippen LogP contribution is 2.62. The van der Waals surface area contributed by atoms with Crippen molar-refractivity contribution in [1.82, 2.24) is 4.90 Å². The third-order valence-electron chi connectivity index (χ3n) is 7.01. The van der Waals surface area contributed by atoms with Crippen LogP contribution in [0.1, 0.15) is 30.4 Å². The summed E-state index contributed by atoms with van der Waals surface area (Å²) in [6.07, 6.45) is 4.92. The Hall–Kier alpha value is -1.85. The van der Waals surface area contributed by atoms with Gasteiger partial charge >= 0.3 is 0 Å². The van der Waals surface area contributed by atoms with Crippen LogP contribution in [0.4, 0.5) is 0 Å². The average molecular weight is 341 g/mol. The highest BCUT2D eigenvalue weighted by atomic mass is 16.5. The number of phenols is 1. The summed E-state index contributed by atoms with van der Waals surface area (Å²) >= 11 is 0. The number of phenolic OH excluding ortho intramolecular Hbond substituents is 1. The van der Waals surface area contributed by atoms with E-state index in [1.165, 1.54) is 5.56 Å². The number of aromatic hydroxyl groups is 1. The molecular formula is C20H23NO4. The molecule has 1 saturated heterocycles. The Labute approximate surface area is 147 Å². The lowest BCUT2D eigenvalue weighted by atomic mass is 9.58. The number of fused-ring (bicyclic) bond motifs is 2. The molecule has 5 atom stereocenters. The van der Waals surface area contributed by atoms with Gasteiger partial charge in [0.1, 0.15) is 5.60 Å². The Bertz CT molecular complexity index is 818. The molecule has 2 unspecified atom stereocenters. The van der Waals surface area contributed by atoms with Crippen LogP contribution in [0.15, 0.2) is 24.3 Å². The fourth-order valence-corrected chi connectivity index (χ4v) is 6.07. The van der Waals surface area contributed by atoms with Gasteiger partial charge in [-0.15, -0.1) is 0 Å². The molecule has 1 aromatic rings. The van der Waals surface area contributed by atoms with Gasteiger partial charge in [0.25, 0.3) is 0 Å². The normalized spacial score (nSPS) is 40.8. The lowest BCUT2D eigenvalue weighted by molar-refractivity contribution is -0.179. The first-order valence-electron chi connectivity index (χ1n) is 8.97. The molecule has 0 radical (unpaired) electrons. The van der Waals surface area contributed by atoms with Crippen LogP contribution in [0.5, 0.6) is 11.5 Å². The second-order valence-electron chi connectivity index (χ2n) is 8.01. The van der Waals surface area contributed by atoms with Crippen LogP contribution in [-0.4, -0.2) is 54.2 Å². The first-order valence-corrected chi connectivity index (χ1v) is 8.97. The molecule has 5 heteroatoms. The summed E-state index contributed by atoms with van der Waals surface area (Å²) in [5, 5.41) is 10.4. The van der Waals surface area contributed by atoms with Gasteiger partial charge in [0.15, 0.2) is 23.4 Å². The third-order valence-corrected chi connectivity index (χ3v) is 7.01. The number of likely N-dealkylation sites (N-methyl/N-ethyl adjacent to an activating group) is 1. The number of ether oxygens (including phenoxy) is 2. The lowest BCUT2D eigenvalue weighted by Crippen LogP contribution is -2.74. The van der Waals surface area contributed by atoms with E-state index < -0.39 is 11.7 Å². The van der Waals surface area contributed by atoms with Crippen LogP contribution in [0, 0.1) is 5.41 Å². The topological polar surface area (TPSA) is 59.0 Å². The first-order chi connectivity index (χ1) is 12.0. The molecule has 1 N–H and O–H groups in total. The smallest absolute Gasteiger partial charge is 0.196 e. The van der Waals surface area contributed by atoms with E-state index >= 15 is 0 Å². The zero-order valence-electron chi connectivity index (χ0n) is 14.8. The van der Waals surface area contributed by atoms with Gasteiger partial charge in [-0.2, -0.15) is 0 Å². The SMILES string of the molecule is CC[C@]12Cc3ccc(O)c4c3C3[C@@H](O4)C(=O)C=C[C@@]3(OC)C1N(C)C2. The highest BCUT2D eigenvalue weighted by molar-refractivity contribution is 5.97. The molecule has 5 rings (SSSR count). The largest absolute Gasteiger partial charge is 0.504 e. The number of hydrogen-bond acceptors (Lipinski definition) is 5. The molecule has 1 aromatic carbocycles. The van der Waals surface area contributed by atoms with Gasteiger partial charge in [-0.25, -0.2) is 0 Å². The Morgan fingerprint density at radius 3 is 2.92 bits per heavy atom. The van der Waals surface area contributed by atoms with E-state index in [-0.39, 0.29) is 28.9 Å². The van der Waals surface area contributed by atoms with Gasteiger partial charge in [-0.05, 0) is 43.7 Å². The Morgan fingerprint density at radius 1 is 1.44 bits per heavy atom. The van der Waals surface area contributed by atoms with E-state index in [2.05, 4.69) is 18.9 Å². The zero-order valence-corrected chi connectivity index (χ0v) is 14.8. The van der Waals surface area contributed by atoms with Crippen LogP contribution >= 0.6 is 0 Å². The maximum atomic E-state index is 12.6. The molecule has 2 heterocycles. The molecule has 132 valence electrons. The number of rotatable bonds is 2. The number of likely N-dealkylation sites (tertiary alicyclic amines) is 1. The second-order valence-corrected chi connectivity index (χ2v) is 8.01. The van der Waals surface area contributed by atoms with Crippen LogP contribution < -0.4 is 4.74 Å². The number of benzene rings is 1. The molecule has 0 amide bonds. The summed E-state index contributed by atoms with van der Waals surface area (Å²) in [6.45, 7) is 3.25. The molecule has 0 aromatic heterocycles. The van der Waals surface area contributed by atoms with Crippen molar-refractivity contribution < 1.29 is 19.4 Å². The van der Waals surface area contributed by atoms with Gasteiger partial charge < -0.3 is 14.6 Å². The zero-order chi connectivity index (χ0) is 17.6. The van der Waals surface area contributed by atoms with Crippen molar-refractivity contribution in [3.63, 3.8) is 0 Å². The molecule has 0 saturated carbocycles. The minimum Gasteiger partial charge on any atom is -0.504 e. The van der Waals surface area contributed by atoms with Gasteiger partial charge in [0.05, 0.1) is 5.92 Å². The van der Waals surface area contributed by atoms with Crippen LogP contribution in [0.25, 0.3) is 0 Å². The summed E-state index contributed by atoms with van der Waals surface area (Å²) in [7, 11) is 3.86. The number of nitrogens with zero attached hydrogens (tertiary/aromatic N) is 1. The Balaban J connectivity index is 1.84. The molecule has 1 fully saturated rings. The van der Waals surface area contributed by atoms with Crippen molar-refractivity contribution in [3.05, 3.63) is 35.4 Å². The summed E-state index contributed by atoms with van der Waals surface area (Å²) in [5.41, 5.74) is 1.64. The van der Waals surface area contributed by atoms with E-state index in [4.69, 9.17) is 9.47 Å². The van der Waals surface area contributed by atoms with E-state index in [0.29, 0.717) is 5.75 Å². The molecule has 0 spiro atoms. The number of carbonyl (C=O) groups is 1. The maximum Gasteiger partial charge on any atom is 0.196 e. The second kappa shape index (κ2) is 4.65. The summed E-state index contributed by atoms with van der Waals surface area (Å²) in [5.74, 6) is 0.318. The summed E-state index contributed by atoms with van der Waals surface area (Å²) in [4.78, 5) is 14.9. The third kappa shape index (κ3) is 1.59. The first kappa shape index (κ1) is 15.4. The number of methoxy groups -OCH3 is 1. The van der Waals surface area contributed by atoms with Crippen molar-refractivity contribution in [2.75, 3.05) is 20.7 Å². The van der Waals surface area contributed by atoms with Crippen molar-refractivity contribution >= 4 is 5.78 Å². The van der Waals surface area contributed by atoms with Gasteiger partial charge in [0.2, 0.25) is 0 Å². The summed E-state index contributed by atoms with van der Waals surface area (Å²) < 4.78 is 12.2. The van der Waals surface area contributed by atoms with Crippen LogP contribution in [-0.2, 0) is 16.0 Å². The molecule has 4 aliphatic rings. The summed E-state index contributed by atoms with van der Waals surface area (Å²) in [6, 6.07) is 3.88. The monoisotopic (exact) mass is 341 g/mol. The fourth-order valence-electron chi connectivity index (χ4n) is 6.07. The van der Waals surface area contributed by atoms with Crippen molar-refractivity contribution in [2.45, 2.75) is 43.4 Å². The minimum absolute atomic E-state index is 0.0507. The van der Waals surface area contributed by atoms with E-state index in [1.807, 2.05) is 12.1 Å². The standard InChI is InChI=1S/C20H23NO4/c1-4-19-9-11-5-6-12(22)16-14(11)15-17(25-16)13(23)7-8-20(15,24-3)18(19)21(2)10-19/h5-8,15,17-18,22H,4,9-10H2,1-3H3/t15?,17-,18?,19+,20-/m0/s1. The van der Waals surface area contributed by atoms with Crippen molar-refractivity contribution in [3.8, 4) is 11.5 Å². The van der Waals surface area contributed by atoms with Gasteiger partial charge in [0, 0.05) is 30.7 Å². The van der Waals surface area contributed by atoms with E-state index in [1.54, 1.807) is 19.3 Å². The maximum absolute atomic E-state index is 12.6. The van der Waals surface area contributed by atoms with Crippen molar-refractivity contribution in [1.29, 1.82) is 0 Å². The molecule has 2 aliphatic heterocycles.